The Morgan fingerprint density at radius 2 is 1.94 bits per heavy atom. The van der Waals surface area contributed by atoms with Gasteiger partial charge >= 0.3 is 5.97 Å². The molecule has 1 aliphatic heterocycles. The number of esters is 1. The number of thioether (sulfide) groups is 1. The van der Waals surface area contributed by atoms with Crippen LogP contribution in [0.2, 0.25) is 0 Å². The van der Waals surface area contributed by atoms with Crippen molar-refractivity contribution in [3.63, 3.8) is 0 Å². The highest BCUT2D eigenvalue weighted by atomic mass is 32.2. The van der Waals surface area contributed by atoms with Gasteiger partial charge in [0.15, 0.2) is 0 Å². The highest BCUT2D eigenvalue weighted by Crippen LogP contribution is 2.33. The van der Waals surface area contributed by atoms with Crippen molar-refractivity contribution < 1.29 is 22.5 Å². The largest absolute Gasteiger partial charge is 0.465 e. The van der Waals surface area contributed by atoms with E-state index in [0.29, 0.717) is 5.75 Å². The fraction of sp³-hybridized carbons (Fsp3) is 0.300. The van der Waals surface area contributed by atoms with Crippen molar-refractivity contribution in [3.05, 3.63) is 28.8 Å². The van der Waals surface area contributed by atoms with Crippen LogP contribution in [0.5, 0.6) is 0 Å². The molecule has 0 fully saturated rings. The SMILES string of the molecule is COC(=O)c1cc2c(cc1S(=O)(=O)O)CSC2. The number of carbonyl (C=O) groups is 1. The van der Waals surface area contributed by atoms with Crippen LogP contribution < -0.4 is 0 Å². The van der Waals surface area contributed by atoms with Crippen LogP contribution in [-0.4, -0.2) is 26.0 Å². The van der Waals surface area contributed by atoms with Crippen molar-refractivity contribution in [1.82, 2.24) is 0 Å². The van der Waals surface area contributed by atoms with E-state index in [1.807, 2.05) is 0 Å². The average molecular weight is 274 g/mol. The van der Waals surface area contributed by atoms with Gasteiger partial charge in [0.2, 0.25) is 0 Å². The van der Waals surface area contributed by atoms with Gasteiger partial charge in [0.05, 0.1) is 12.7 Å². The minimum absolute atomic E-state index is 0.115. The maximum Gasteiger partial charge on any atom is 0.339 e. The van der Waals surface area contributed by atoms with Gasteiger partial charge in [-0.1, -0.05) is 0 Å². The van der Waals surface area contributed by atoms with Crippen molar-refractivity contribution in [3.8, 4) is 0 Å². The van der Waals surface area contributed by atoms with Crippen molar-refractivity contribution in [2.75, 3.05) is 7.11 Å². The van der Waals surface area contributed by atoms with Gasteiger partial charge in [-0.15, -0.1) is 0 Å². The zero-order valence-corrected chi connectivity index (χ0v) is 10.6. The number of carbonyl (C=O) groups excluding carboxylic acids is 1. The van der Waals surface area contributed by atoms with Crippen LogP contribution in [0.4, 0.5) is 0 Å². The van der Waals surface area contributed by atoms with Crippen LogP contribution in [0.3, 0.4) is 0 Å². The molecule has 1 aliphatic rings. The lowest BCUT2D eigenvalue weighted by atomic mass is 10.1. The maximum atomic E-state index is 11.5. The highest BCUT2D eigenvalue weighted by molar-refractivity contribution is 7.98. The fourth-order valence-corrected chi connectivity index (χ4v) is 3.48. The number of hydrogen-bond donors (Lipinski definition) is 1. The zero-order chi connectivity index (χ0) is 12.6. The lowest BCUT2D eigenvalue weighted by Crippen LogP contribution is -2.11. The van der Waals surface area contributed by atoms with Gasteiger partial charge in [0, 0.05) is 11.5 Å². The molecule has 7 heteroatoms. The van der Waals surface area contributed by atoms with Crippen LogP contribution in [0.25, 0.3) is 0 Å². The molecule has 1 heterocycles. The van der Waals surface area contributed by atoms with Crippen LogP contribution in [0.1, 0.15) is 21.5 Å². The van der Waals surface area contributed by atoms with Crippen molar-refractivity contribution in [1.29, 1.82) is 0 Å². The molecule has 0 aliphatic carbocycles. The summed E-state index contributed by atoms with van der Waals surface area (Å²) in [5.74, 6) is 0.641. The third-order valence-electron chi connectivity index (χ3n) is 2.50. The predicted octanol–water partition coefficient (Wildman–Crippen LogP) is 1.47. The molecule has 0 spiro atoms. The first-order valence-electron chi connectivity index (χ1n) is 4.73. The van der Waals surface area contributed by atoms with E-state index in [9.17, 15) is 13.2 Å². The summed E-state index contributed by atoms with van der Waals surface area (Å²) in [4.78, 5) is 11.1. The lowest BCUT2D eigenvalue weighted by molar-refractivity contribution is 0.0596. The van der Waals surface area contributed by atoms with Crippen molar-refractivity contribution >= 4 is 27.8 Å². The number of benzene rings is 1. The highest BCUT2D eigenvalue weighted by Gasteiger charge is 2.25. The molecule has 92 valence electrons. The molecule has 17 heavy (non-hydrogen) atoms. The molecule has 0 aromatic heterocycles. The quantitative estimate of drug-likeness (QED) is 0.649. The second-order valence-corrected chi connectivity index (χ2v) is 5.95. The Balaban J connectivity index is 2.68. The van der Waals surface area contributed by atoms with Gasteiger partial charge in [0.1, 0.15) is 4.90 Å². The Morgan fingerprint density at radius 3 is 2.47 bits per heavy atom. The van der Waals surface area contributed by atoms with Crippen molar-refractivity contribution in [2.45, 2.75) is 16.4 Å². The Hall–Kier alpha value is -1.05. The maximum absolute atomic E-state index is 11.5. The van der Waals surface area contributed by atoms with Gasteiger partial charge in [0.25, 0.3) is 10.1 Å². The number of methoxy groups -OCH3 is 1. The van der Waals surface area contributed by atoms with Crippen LogP contribution in [0, 0.1) is 0 Å². The molecule has 0 saturated heterocycles. The Kier molecular flexibility index (Phi) is 3.15. The van der Waals surface area contributed by atoms with Crippen molar-refractivity contribution in [2.24, 2.45) is 0 Å². The molecule has 2 rings (SSSR count). The topological polar surface area (TPSA) is 80.7 Å². The predicted molar refractivity (Wildman–Crippen MR) is 62.6 cm³/mol. The minimum Gasteiger partial charge on any atom is -0.465 e. The minimum atomic E-state index is -4.42. The third kappa shape index (κ3) is 2.31. The van der Waals surface area contributed by atoms with E-state index in [1.165, 1.54) is 12.1 Å². The molecular formula is C10H10O5S2. The number of rotatable bonds is 2. The molecule has 0 bridgehead atoms. The molecule has 0 unspecified atom stereocenters. The molecule has 0 amide bonds. The van der Waals surface area contributed by atoms with E-state index in [4.69, 9.17) is 4.55 Å². The van der Waals surface area contributed by atoms with E-state index in [-0.39, 0.29) is 10.5 Å². The van der Waals surface area contributed by atoms with Gasteiger partial charge < -0.3 is 4.74 Å². The van der Waals surface area contributed by atoms with Crippen LogP contribution >= 0.6 is 11.8 Å². The van der Waals surface area contributed by atoms with Gasteiger partial charge in [-0.25, -0.2) is 4.79 Å². The van der Waals surface area contributed by atoms with Gasteiger partial charge in [-0.2, -0.15) is 20.2 Å². The molecule has 1 aromatic rings. The summed E-state index contributed by atoms with van der Waals surface area (Å²) in [7, 11) is -3.26. The summed E-state index contributed by atoms with van der Waals surface area (Å²) in [6.07, 6.45) is 0. The summed E-state index contributed by atoms with van der Waals surface area (Å²) < 4.78 is 36.0. The lowest BCUT2D eigenvalue weighted by Gasteiger charge is -2.08. The molecular weight excluding hydrogens is 264 g/mol. The summed E-state index contributed by atoms with van der Waals surface area (Å²) in [6, 6.07) is 2.82. The number of fused-ring (bicyclic) bond motifs is 1. The first-order chi connectivity index (χ1) is 7.93. The Bertz CT molecular complexity index is 577. The molecule has 0 radical (unpaired) electrons. The first-order valence-corrected chi connectivity index (χ1v) is 7.32. The zero-order valence-electron chi connectivity index (χ0n) is 8.97. The van der Waals surface area contributed by atoms with E-state index < -0.39 is 16.1 Å². The number of hydrogen-bond acceptors (Lipinski definition) is 5. The smallest absolute Gasteiger partial charge is 0.339 e. The molecule has 1 N–H and O–H groups in total. The van der Waals surface area contributed by atoms with Crippen LogP contribution in [-0.2, 0) is 26.4 Å². The summed E-state index contributed by atoms with van der Waals surface area (Å²) >= 11 is 1.62. The molecule has 5 nitrogen and oxygen atoms in total. The normalized spacial score (nSPS) is 14.5. The summed E-state index contributed by atoms with van der Waals surface area (Å²) in [5, 5.41) is 0. The Labute approximate surface area is 103 Å². The second kappa shape index (κ2) is 4.32. The summed E-state index contributed by atoms with van der Waals surface area (Å²) in [5.41, 5.74) is 1.62. The van der Waals surface area contributed by atoms with E-state index in [2.05, 4.69) is 4.74 Å². The van der Waals surface area contributed by atoms with E-state index in [0.717, 1.165) is 24.0 Å². The van der Waals surface area contributed by atoms with E-state index in [1.54, 1.807) is 11.8 Å². The fourth-order valence-electron chi connectivity index (χ4n) is 1.69. The standard InChI is InChI=1S/C10H10O5S2/c1-15-10(11)8-2-6-4-16-5-7(6)3-9(8)17(12,13)14/h2-3H,4-5H2,1H3,(H,12,13,14). The second-order valence-electron chi connectivity index (χ2n) is 3.58. The third-order valence-corrected chi connectivity index (χ3v) is 4.42. The monoisotopic (exact) mass is 274 g/mol. The molecule has 0 atom stereocenters. The molecule has 1 aromatic carbocycles. The van der Waals surface area contributed by atoms with Crippen LogP contribution in [0.15, 0.2) is 17.0 Å². The first kappa shape index (κ1) is 12.4. The van der Waals surface area contributed by atoms with Gasteiger partial charge in [-0.3, -0.25) is 4.55 Å². The molecule has 0 saturated carbocycles. The van der Waals surface area contributed by atoms with Gasteiger partial charge in [-0.05, 0) is 23.3 Å². The Morgan fingerprint density at radius 1 is 1.35 bits per heavy atom. The summed E-state index contributed by atoms with van der Waals surface area (Å²) in [6.45, 7) is 0. The number of ether oxygens (including phenoxy) is 1. The van der Waals surface area contributed by atoms with E-state index >= 15 is 0 Å². The average Bonchev–Trinajstić information content (AvgIpc) is 2.72.